The van der Waals surface area contributed by atoms with Crippen LogP contribution in [0.25, 0.3) is 0 Å². The van der Waals surface area contributed by atoms with Gasteiger partial charge in [0.25, 0.3) is 5.91 Å². The van der Waals surface area contributed by atoms with E-state index < -0.39 is 0 Å². The van der Waals surface area contributed by atoms with Gasteiger partial charge in [0.2, 0.25) is 0 Å². The maximum absolute atomic E-state index is 11.6. The lowest BCUT2D eigenvalue weighted by Gasteiger charge is -2.19. The summed E-state index contributed by atoms with van der Waals surface area (Å²) >= 11 is 5.68. The number of aliphatic hydroxyl groups is 1. The number of anilines is 1. The lowest BCUT2D eigenvalue weighted by Crippen LogP contribution is -2.97. The van der Waals surface area contributed by atoms with E-state index in [9.17, 15) is 4.79 Å². The second kappa shape index (κ2) is 5.95. The van der Waals surface area contributed by atoms with E-state index in [1.54, 1.807) is 17.4 Å². The Labute approximate surface area is 105 Å². The Morgan fingerprint density at radius 1 is 1.59 bits per heavy atom. The average molecular weight is 259 g/mol. The van der Waals surface area contributed by atoms with Crippen LogP contribution in [0.4, 0.5) is 5.82 Å². The first-order valence-electron chi connectivity index (χ1n) is 5.29. The number of nitrogens with one attached hydrogen (secondary N) is 1. The number of amides is 1. The van der Waals surface area contributed by atoms with Gasteiger partial charge in [-0.15, -0.1) is 0 Å². The van der Waals surface area contributed by atoms with Crippen molar-refractivity contribution in [1.82, 2.24) is 4.98 Å². The molecule has 0 spiro atoms. The van der Waals surface area contributed by atoms with Crippen LogP contribution in [0, 0.1) is 0 Å². The highest BCUT2D eigenvalue weighted by Gasteiger charge is 2.21. The Bertz CT molecular complexity index is 379. The van der Waals surface area contributed by atoms with Crippen molar-refractivity contribution in [2.75, 3.05) is 18.5 Å². The zero-order chi connectivity index (χ0) is 12.9. The molecule has 0 aliphatic rings. The SMILES string of the molecule is CC(C)(CO)[NH2+]CC(=O)Nc1ccc(Cl)cn1. The quantitative estimate of drug-likeness (QED) is 0.696. The van der Waals surface area contributed by atoms with Crippen molar-refractivity contribution < 1.29 is 15.2 Å². The fourth-order valence-corrected chi connectivity index (χ4v) is 1.19. The predicted octanol–water partition coefficient (Wildman–Crippen LogP) is 0.00780. The van der Waals surface area contributed by atoms with E-state index in [4.69, 9.17) is 16.7 Å². The van der Waals surface area contributed by atoms with E-state index in [1.807, 2.05) is 13.8 Å². The van der Waals surface area contributed by atoms with Gasteiger partial charge in [0.05, 0.1) is 11.6 Å². The third kappa shape index (κ3) is 5.12. The molecule has 17 heavy (non-hydrogen) atoms. The molecule has 0 aliphatic heterocycles. The van der Waals surface area contributed by atoms with Crippen LogP contribution in [0.2, 0.25) is 5.02 Å². The standard InChI is InChI=1S/C11H16ClN3O2/c1-11(2,7-16)14-6-10(17)15-9-4-3-8(12)5-13-9/h3-5,14,16H,6-7H2,1-2H3,(H,13,15,17)/p+1. The van der Waals surface area contributed by atoms with Gasteiger partial charge < -0.3 is 15.7 Å². The highest BCUT2D eigenvalue weighted by atomic mass is 35.5. The van der Waals surface area contributed by atoms with E-state index in [1.165, 1.54) is 6.20 Å². The number of hydrogen-bond donors (Lipinski definition) is 3. The van der Waals surface area contributed by atoms with Crippen LogP contribution in [-0.4, -0.2) is 34.7 Å². The van der Waals surface area contributed by atoms with Crippen LogP contribution in [0.5, 0.6) is 0 Å². The van der Waals surface area contributed by atoms with Crippen molar-refractivity contribution in [3.05, 3.63) is 23.4 Å². The minimum atomic E-state index is -0.356. The van der Waals surface area contributed by atoms with E-state index in [0.29, 0.717) is 10.8 Å². The summed E-state index contributed by atoms with van der Waals surface area (Å²) in [6.07, 6.45) is 1.47. The summed E-state index contributed by atoms with van der Waals surface area (Å²) < 4.78 is 0. The Morgan fingerprint density at radius 3 is 2.82 bits per heavy atom. The van der Waals surface area contributed by atoms with Gasteiger partial charge in [-0.2, -0.15) is 0 Å². The summed E-state index contributed by atoms with van der Waals surface area (Å²) in [5, 5.41) is 14.0. The van der Waals surface area contributed by atoms with Gasteiger partial charge in [0.1, 0.15) is 11.4 Å². The van der Waals surface area contributed by atoms with Crippen LogP contribution in [0.15, 0.2) is 18.3 Å². The molecule has 0 saturated heterocycles. The highest BCUT2D eigenvalue weighted by Crippen LogP contribution is 2.08. The summed E-state index contributed by atoms with van der Waals surface area (Å²) in [6.45, 7) is 3.97. The van der Waals surface area contributed by atoms with Crippen molar-refractivity contribution in [3.8, 4) is 0 Å². The van der Waals surface area contributed by atoms with Gasteiger partial charge in [-0.05, 0) is 26.0 Å². The molecule has 0 radical (unpaired) electrons. The molecule has 1 rings (SSSR count). The summed E-state index contributed by atoms with van der Waals surface area (Å²) in [7, 11) is 0. The lowest BCUT2D eigenvalue weighted by atomic mass is 10.1. The van der Waals surface area contributed by atoms with Gasteiger partial charge in [-0.1, -0.05) is 11.6 Å². The number of carbonyl (C=O) groups excluding carboxylic acids is 1. The van der Waals surface area contributed by atoms with Crippen LogP contribution in [0.3, 0.4) is 0 Å². The van der Waals surface area contributed by atoms with E-state index in [0.717, 1.165) is 0 Å². The number of hydrogen-bond acceptors (Lipinski definition) is 3. The maximum Gasteiger partial charge on any atom is 0.280 e. The van der Waals surface area contributed by atoms with Crippen LogP contribution in [0.1, 0.15) is 13.8 Å². The number of halogens is 1. The van der Waals surface area contributed by atoms with E-state index in [2.05, 4.69) is 10.3 Å². The normalized spacial score (nSPS) is 11.3. The van der Waals surface area contributed by atoms with Crippen molar-refractivity contribution in [2.45, 2.75) is 19.4 Å². The minimum absolute atomic E-state index is 0.0134. The number of carbonyl (C=O) groups is 1. The summed E-state index contributed by atoms with van der Waals surface area (Å²) in [4.78, 5) is 15.5. The molecule has 0 aliphatic carbocycles. The van der Waals surface area contributed by atoms with Gasteiger partial charge in [0, 0.05) is 6.20 Å². The molecule has 0 saturated carbocycles. The fraction of sp³-hybridized carbons (Fsp3) is 0.455. The molecule has 1 aromatic rings. The molecule has 4 N–H and O–H groups in total. The highest BCUT2D eigenvalue weighted by molar-refractivity contribution is 6.30. The number of aromatic nitrogens is 1. The number of pyridine rings is 1. The molecule has 1 amide bonds. The molecule has 1 aromatic heterocycles. The van der Waals surface area contributed by atoms with Crippen molar-refractivity contribution in [1.29, 1.82) is 0 Å². The number of rotatable bonds is 5. The second-order valence-corrected chi connectivity index (χ2v) is 4.90. The van der Waals surface area contributed by atoms with Crippen molar-refractivity contribution >= 4 is 23.3 Å². The second-order valence-electron chi connectivity index (χ2n) is 4.46. The van der Waals surface area contributed by atoms with Gasteiger partial charge >= 0.3 is 0 Å². The minimum Gasteiger partial charge on any atom is -0.390 e. The molecule has 1 heterocycles. The Kier molecular flexibility index (Phi) is 4.86. The van der Waals surface area contributed by atoms with Gasteiger partial charge in [0.15, 0.2) is 6.54 Å². The first-order valence-corrected chi connectivity index (χ1v) is 5.67. The van der Waals surface area contributed by atoms with E-state index >= 15 is 0 Å². The Morgan fingerprint density at radius 2 is 2.29 bits per heavy atom. The first kappa shape index (κ1) is 13.9. The van der Waals surface area contributed by atoms with Crippen LogP contribution < -0.4 is 10.6 Å². The molecule has 5 nitrogen and oxygen atoms in total. The molecule has 0 fully saturated rings. The Balaban J connectivity index is 2.42. The Hall–Kier alpha value is -1.17. The average Bonchev–Trinajstić information content (AvgIpc) is 2.30. The van der Waals surface area contributed by atoms with E-state index in [-0.39, 0.29) is 24.6 Å². The third-order valence-corrected chi connectivity index (χ3v) is 2.47. The van der Waals surface area contributed by atoms with Crippen LogP contribution >= 0.6 is 11.6 Å². The fourth-order valence-electron chi connectivity index (χ4n) is 1.08. The number of nitrogens with two attached hydrogens (primary N) is 1. The number of nitrogens with zero attached hydrogens (tertiary/aromatic N) is 1. The summed E-state index contributed by atoms with van der Waals surface area (Å²) in [5.74, 6) is 0.302. The molecular formula is C11H17ClN3O2+. The van der Waals surface area contributed by atoms with Crippen LogP contribution in [-0.2, 0) is 4.79 Å². The predicted molar refractivity (Wildman–Crippen MR) is 65.8 cm³/mol. The molecule has 94 valence electrons. The number of aliphatic hydroxyl groups excluding tert-OH is 1. The van der Waals surface area contributed by atoms with Gasteiger partial charge in [-0.25, -0.2) is 4.98 Å². The third-order valence-electron chi connectivity index (χ3n) is 2.24. The molecular weight excluding hydrogens is 242 g/mol. The molecule has 6 heteroatoms. The van der Waals surface area contributed by atoms with Gasteiger partial charge in [-0.3, -0.25) is 4.79 Å². The zero-order valence-electron chi connectivity index (χ0n) is 9.90. The topological polar surface area (TPSA) is 78.8 Å². The lowest BCUT2D eigenvalue weighted by molar-refractivity contribution is -0.712. The molecule has 0 aromatic carbocycles. The van der Waals surface area contributed by atoms with Crippen molar-refractivity contribution in [2.24, 2.45) is 0 Å². The van der Waals surface area contributed by atoms with Crippen molar-refractivity contribution in [3.63, 3.8) is 0 Å². The zero-order valence-corrected chi connectivity index (χ0v) is 10.7. The number of quaternary nitrogens is 1. The summed E-state index contributed by atoms with van der Waals surface area (Å²) in [5.41, 5.74) is -0.356. The smallest absolute Gasteiger partial charge is 0.280 e. The largest absolute Gasteiger partial charge is 0.390 e. The molecule has 0 atom stereocenters. The maximum atomic E-state index is 11.6. The molecule has 0 unspecified atom stereocenters. The monoisotopic (exact) mass is 258 g/mol. The summed E-state index contributed by atoms with van der Waals surface area (Å²) in [6, 6.07) is 3.29. The molecule has 0 bridgehead atoms. The first-order chi connectivity index (χ1) is 7.93.